The number of aromatic nitrogens is 3. The van der Waals surface area contributed by atoms with Gasteiger partial charge < -0.3 is 15.2 Å². The van der Waals surface area contributed by atoms with Crippen LogP contribution in [0.1, 0.15) is 17.0 Å². The van der Waals surface area contributed by atoms with Gasteiger partial charge in [-0.3, -0.25) is 19.7 Å². The minimum atomic E-state index is -0.571. The summed E-state index contributed by atoms with van der Waals surface area (Å²) in [5.41, 5.74) is 2.78. The minimum Gasteiger partial charge on any atom is -0.325 e. The molecule has 2 N–H and O–H groups in total. The summed E-state index contributed by atoms with van der Waals surface area (Å²) in [6.45, 7) is 3.90. The zero-order valence-electron chi connectivity index (χ0n) is 18.1. The second-order valence-corrected chi connectivity index (χ2v) is 8.61. The van der Waals surface area contributed by atoms with Crippen LogP contribution in [0.2, 0.25) is 5.02 Å². The number of nitro groups is 1. The van der Waals surface area contributed by atoms with Gasteiger partial charge in [-0.2, -0.15) is 0 Å². The second-order valence-electron chi connectivity index (χ2n) is 7.26. The molecule has 33 heavy (non-hydrogen) atoms. The van der Waals surface area contributed by atoms with Crippen molar-refractivity contribution in [2.75, 3.05) is 16.4 Å². The van der Waals surface area contributed by atoms with Crippen molar-refractivity contribution >= 4 is 52.2 Å². The van der Waals surface area contributed by atoms with Crippen molar-refractivity contribution in [3.05, 3.63) is 68.5 Å². The van der Waals surface area contributed by atoms with E-state index in [0.717, 1.165) is 28.6 Å². The first-order valence-electron chi connectivity index (χ1n) is 9.76. The SMILES string of the molecule is Cc1ccc(NC(=O)Cc2nnc(SCC(=O)Nc3cc([N+](=O)[O-])ccc3Cl)n2C)c(C)c1. The largest absolute Gasteiger partial charge is 0.325 e. The molecule has 0 bridgehead atoms. The van der Waals surface area contributed by atoms with Crippen LogP contribution in [0.25, 0.3) is 0 Å². The van der Waals surface area contributed by atoms with Gasteiger partial charge in [0.15, 0.2) is 5.16 Å². The Morgan fingerprint density at radius 1 is 1.09 bits per heavy atom. The summed E-state index contributed by atoms with van der Waals surface area (Å²) < 4.78 is 1.64. The fourth-order valence-electron chi connectivity index (χ4n) is 2.96. The number of carbonyl (C=O) groups is 2. The second kappa shape index (κ2) is 10.5. The van der Waals surface area contributed by atoms with E-state index in [-0.39, 0.29) is 34.5 Å². The first kappa shape index (κ1) is 24.2. The minimum absolute atomic E-state index is 0.0207. The summed E-state index contributed by atoms with van der Waals surface area (Å²) in [5, 5.41) is 25.1. The number of halogens is 1. The van der Waals surface area contributed by atoms with E-state index in [1.807, 2.05) is 32.0 Å². The number of hydrogen-bond acceptors (Lipinski definition) is 7. The summed E-state index contributed by atoms with van der Waals surface area (Å²) in [5.74, 6) is -0.228. The van der Waals surface area contributed by atoms with E-state index < -0.39 is 10.8 Å². The normalized spacial score (nSPS) is 10.7. The molecule has 3 aromatic rings. The molecular formula is C21H21ClN6O4S. The molecule has 0 aliphatic heterocycles. The molecule has 0 fully saturated rings. The van der Waals surface area contributed by atoms with Gasteiger partial charge in [-0.25, -0.2) is 0 Å². The van der Waals surface area contributed by atoms with E-state index in [1.54, 1.807) is 11.6 Å². The van der Waals surface area contributed by atoms with E-state index in [9.17, 15) is 19.7 Å². The lowest BCUT2D eigenvalue weighted by molar-refractivity contribution is -0.384. The standard InChI is InChI=1S/C21H21ClN6O4S/c1-12-4-7-16(13(2)8-12)23-19(29)10-18-25-26-21(27(18)3)33-11-20(30)24-17-9-14(28(31)32)5-6-15(17)22/h4-9H,10-11H2,1-3H3,(H,23,29)(H,24,30). The van der Waals surface area contributed by atoms with Gasteiger partial charge in [0.05, 0.1) is 27.8 Å². The van der Waals surface area contributed by atoms with Crippen molar-refractivity contribution in [3.63, 3.8) is 0 Å². The third kappa shape index (κ3) is 6.30. The first-order chi connectivity index (χ1) is 15.6. The maximum absolute atomic E-state index is 12.4. The Labute approximate surface area is 198 Å². The van der Waals surface area contributed by atoms with Crippen molar-refractivity contribution in [1.29, 1.82) is 0 Å². The summed E-state index contributed by atoms with van der Waals surface area (Å²) >= 11 is 7.12. The molecule has 2 aromatic carbocycles. The molecule has 0 aliphatic rings. The molecule has 1 aromatic heterocycles. The highest BCUT2D eigenvalue weighted by atomic mass is 35.5. The van der Waals surface area contributed by atoms with E-state index >= 15 is 0 Å². The molecule has 12 heteroatoms. The van der Waals surface area contributed by atoms with Crippen LogP contribution in [0.4, 0.5) is 17.1 Å². The number of nitrogens with zero attached hydrogens (tertiary/aromatic N) is 4. The number of aryl methyl sites for hydroxylation is 2. The molecule has 0 saturated carbocycles. The lowest BCUT2D eigenvalue weighted by Crippen LogP contribution is -2.18. The molecular weight excluding hydrogens is 468 g/mol. The van der Waals surface area contributed by atoms with Crippen molar-refractivity contribution < 1.29 is 14.5 Å². The number of hydrogen-bond donors (Lipinski definition) is 2. The van der Waals surface area contributed by atoms with Crippen LogP contribution in [0.3, 0.4) is 0 Å². The number of rotatable bonds is 8. The molecule has 1 heterocycles. The van der Waals surface area contributed by atoms with E-state index in [0.29, 0.717) is 11.0 Å². The number of non-ortho nitro benzene ring substituents is 1. The summed E-state index contributed by atoms with van der Waals surface area (Å²) in [6.07, 6.45) is 0.0207. The number of nitro benzene ring substituents is 1. The van der Waals surface area contributed by atoms with Crippen LogP contribution < -0.4 is 10.6 Å². The molecule has 172 valence electrons. The van der Waals surface area contributed by atoms with Gasteiger partial charge in [0, 0.05) is 24.9 Å². The van der Waals surface area contributed by atoms with Crippen LogP contribution in [0.5, 0.6) is 0 Å². The average Bonchev–Trinajstić information content (AvgIpc) is 3.09. The highest BCUT2D eigenvalue weighted by molar-refractivity contribution is 7.99. The number of carbonyl (C=O) groups excluding carboxylic acids is 2. The molecule has 2 amide bonds. The summed E-state index contributed by atoms with van der Waals surface area (Å²) in [7, 11) is 1.71. The fraction of sp³-hybridized carbons (Fsp3) is 0.238. The Bertz CT molecular complexity index is 1230. The monoisotopic (exact) mass is 488 g/mol. The molecule has 0 aliphatic carbocycles. The number of benzene rings is 2. The highest BCUT2D eigenvalue weighted by Gasteiger charge is 2.16. The van der Waals surface area contributed by atoms with Gasteiger partial charge in [0.25, 0.3) is 5.69 Å². The average molecular weight is 489 g/mol. The molecule has 0 unspecified atom stereocenters. The smallest absolute Gasteiger partial charge is 0.271 e. The van der Waals surface area contributed by atoms with Crippen LogP contribution >= 0.6 is 23.4 Å². The summed E-state index contributed by atoms with van der Waals surface area (Å²) in [4.78, 5) is 35.1. The Hall–Kier alpha value is -3.44. The van der Waals surface area contributed by atoms with E-state index in [2.05, 4.69) is 20.8 Å². The molecule has 0 spiro atoms. The third-order valence-electron chi connectivity index (χ3n) is 4.67. The lowest BCUT2D eigenvalue weighted by Gasteiger charge is -2.09. The van der Waals surface area contributed by atoms with Crippen molar-refractivity contribution in [2.24, 2.45) is 7.05 Å². The van der Waals surface area contributed by atoms with Gasteiger partial charge >= 0.3 is 0 Å². The predicted molar refractivity (Wildman–Crippen MR) is 127 cm³/mol. The Kier molecular flexibility index (Phi) is 7.67. The summed E-state index contributed by atoms with van der Waals surface area (Å²) in [6, 6.07) is 9.56. The molecule has 3 rings (SSSR count). The lowest BCUT2D eigenvalue weighted by atomic mass is 10.1. The van der Waals surface area contributed by atoms with Gasteiger partial charge in [0.2, 0.25) is 11.8 Å². The first-order valence-corrected chi connectivity index (χ1v) is 11.1. The fourth-order valence-corrected chi connectivity index (χ4v) is 3.85. The van der Waals surface area contributed by atoms with Crippen LogP contribution in [0, 0.1) is 24.0 Å². The Morgan fingerprint density at radius 3 is 2.52 bits per heavy atom. The van der Waals surface area contributed by atoms with E-state index in [1.165, 1.54) is 18.2 Å². The zero-order valence-corrected chi connectivity index (χ0v) is 19.7. The maximum atomic E-state index is 12.4. The van der Waals surface area contributed by atoms with Gasteiger partial charge in [0.1, 0.15) is 5.82 Å². The van der Waals surface area contributed by atoms with Crippen LogP contribution in [0.15, 0.2) is 41.6 Å². The number of thioether (sulfide) groups is 1. The van der Waals surface area contributed by atoms with Crippen molar-refractivity contribution in [1.82, 2.24) is 14.8 Å². The predicted octanol–water partition coefficient (Wildman–Crippen LogP) is 3.91. The topological polar surface area (TPSA) is 132 Å². The molecule has 0 saturated heterocycles. The van der Waals surface area contributed by atoms with Crippen molar-refractivity contribution in [2.45, 2.75) is 25.4 Å². The van der Waals surface area contributed by atoms with Crippen molar-refractivity contribution in [3.8, 4) is 0 Å². The number of nitrogens with one attached hydrogen (secondary N) is 2. The highest BCUT2D eigenvalue weighted by Crippen LogP contribution is 2.27. The third-order valence-corrected chi connectivity index (χ3v) is 6.02. The quantitative estimate of drug-likeness (QED) is 0.279. The molecule has 0 atom stereocenters. The maximum Gasteiger partial charge on any atom is 0.271 e. The van der Waals surface area contributed by atoms with Gasteiger partial charge in [-0.1, -0.05) is 41.1 Å². The number of amides is 2. The van der Waals surface area contributed by atoms with E-state index in [4.69, 9.17) is 11.6 Å². The van der Waals surface area contributed by atoms with Gasteiger partial charge in [-0.05, 0) is 31.5 Å². The zero-order chi connectivity index (χ0) is 24.1. The van der Waals surface area contributed by atoms with Crippen LogP contribution in [-0.4, -0.2) is 37.3 Å². The van der Waals surface area contributed by atoms with Crippen LogP contribution in [-0.2, 0) is 23.1 Å². The van der Waals surface area contributed by atoms with Gasteiger partial charge in [-0.15, -0.1) is 10.2 Å². The number of anilines is 2. The molecule has 10 nitrogen and oxygen atoms in total. The Balaban J connectivity index is 1.57. The molecule has 0 radical (unpaired) electrons. The Morgan fingerprint density at radius 2 is 1.82 bits per heavy atom.